The van der Waals surface area contributed by atoms with E-state index in [2.05, 4.69) is 46.7 Å². The molecule has 28 heavy (non-hydrogen) atoms. The van der Waals surface area contributed by atoms with Crippen molar-refractivity contribution in [3.63, 3.8) is 0 Å². The molecule has 7 heteroatoms. The van der Waals surface area contributed by atoms with Gasteiger partial charge in [0.25, 0.3) is 0 Å². The second-order valence-corrected chi connectivity index (χ2v) is 8.06. The molecule has 1 aromatic rings. The first-order valence-corrected chi connectivity index (χ1v) is 9.86. The molecule has 0 radical (unpaired) electrons. The van der Waals surface area contributed by atoms with Gasteiger partial charge in [0.05, 0.1) is 19.3 Å². The van der Waals surface area contributed by atoms with E-state index in [1.54, 1.807) is 20.8 Å². The Hall–Kier alpha value is -2.12. The third-order valence-corrected chi connectivity index (χ3v) is 4.46. The fourth-order valence-corrected chi connectivity index (χ4v) is 3.03. The van der Waals surface area contributed by atoms with E-state index in [-0.39, 0.29) is 24.9 Å². The van der Waals surface area contributed by atoms with Crippen LogP contribution in [0.15, 0.2) is 24.3 Å². The number of rotatable bonds is 7. The number of amides is 2. The smallest absolute Gasteiger partial charge is 0.407 e. The SMILES string of the molecule is Cc1ccc(C(CNC(=O)CCNC(=O)OC(C)(C)C)N2CCOCC2)cc1. The minimum absolute atomic E-state index is 0.0959. The Kier molecular flexibility index (Phi) is 8.26. The predicted octanol–water partition coefficient (Wildman–Crippen LogP) is 2.40. The summed E-state index contributed by atoms with van der Waals surface area (Å²) in [6.45, 7) is 11.3. The lowest BCUT2D eigenvalue weighted by molar-refractivity contribution is -0.121. The zero-order valence-electron chi connectivity index (χ0n) is 17.4. The van der Waals surface area contributed by atoms with E-state index < -0.39 is 11.7 Å². The van der Waals surface area contributed by atoms with E-state index in [1.165, 1.54) is 11.1 Å². The number of carbonyl (C=O) groups is 2. The summed E-state index contributed by atoms with van der Waals surface area (Å²) in [4.78, 5) is 26.2. The highest BCUT2D eigenvalue weighted by molar-refractivity contribution is 5.77. The van der Waals surface area contributed by atoms with Crippen molar-refractivity contribution in [1.82, 2.24) is 15.5 Å². The van der Waals surface area contributed by atoms with Crippen LogP contribution in [0.3, 0.4) is 0 Å². The van der Waals surface area contributed by atoms with Gasteiger partial charge in [-0.05, 0) is 33.3 Å². The standard InChI is InChI=1S/C21H33N3O4/c1-16-5-7-17(8-6-16)18(24-11-13-27-14-12-24)15-23-19(25)9-10-22-20(26)28-21(2,3)4/h5-8,18H,9-15H2,1-4H3,(H,22,26)(H,23,25). The van der Waals surface area contributed by atoms with Crippen molar-refractivity contribution < 1.29 is 19.1 Å². The highest BCUT2D eigenvalue weighted by Gasteiger charge is 2.23. The third kappa shape index (κ3) is 7.86. The van der Waals surface area contributed by atoms with Gasteiger partial charge in [0.1, 0.15) is 5.60 Å². The number of hydrogen-bond donors (Lipinski definition) is 2. The maximum atomic E-state index is 12.2. The van der Waals surface area contributed by atoms with E-state index in [1.807, 2.05) is 0 Å². The lowest BCUT2D eigenvalue weighted by Crippen LogP contribution is -2.44. The summed E-state index contributed by atoms with van der Waals surface area (Å²) < 4.78 is 10.6. The normalized spacial score (nSPS) is 16.3. The zero-order valence-corrected chi connectivity index (χ0v) is 17.4. The van der Waals surface area contributed by atoms with Gasteiger partial charge in [-0.3, -0.25) is 9.69 Å². The average molecular weight is 392 g/mol. The molecule has 1 atom stereocenters. The third-order valence-electron chi connectivity index (χ3n) is 4.46. The number of aryl methyl sites for hydroxylation is 1. The first kappa shape index (κ1) is 22.2. The Labute approximate surface area is 167 Å². The zero-order chi connectivity index (χ0) is 20.6. The summed E-state index contributed by atoms with van der Waals surface area (Å²) in [5, 5.41) is 5.61. The van der Waals surface area contributed by atoms with E-state index >= 15 is 0 Å². The molecule has 0 aliphatic carbocycles. The Bertz CT molecular complexity index is 634. The number of ether oxygens (including phenoxy) is 2. The van der Waals surface area contributed by atoms with E-state index in [4.69, 9.17) is 9.47 Å². The predicted molar refractivity (Wildman–Crippen MR) is 108 cm³/mol. The molecule has 2 amide bonds. The summed E-state index contributed by atoms with van der Waals surface area (Å²) in [5.41, 5.74) is 1.84. The molecule has 7 nitrogen and oxygen atoms in total. The lowest BCUT2D eigenvalue weighted by Gasteiger charge is -2.35. The second kappa shape index (κ2) is 10.4. The van der Waals surface area contributed by atoms with E-state index in [0.717, 1.165) is 13.1 Å². The summed E-state index contributed by atoms with van der Waals surface area (Å²) in [6, 6.07) is 8.52. The van der Waals surface area contributed by atoms with Crippen LogP contribution in [0.1, 0.15) is 44.4 Å². The van der Waals surface area contributed by atoms with E-state index in [0.29, 0.717) is 19.8 Å². The number of nitrogens with zero attached hydrogens (tertiary/aromatic N) is 1. The largest absolute Gasteiger partial charge is 0.444 e. The van der Waals surface area contributed by atoms with Crippen LogP contribution in [-0.4, -0.2) is 61.9 Å². The van der Waals surface area contributed by atoms with Gasteiger partial charge in [-0.25, -0.2) is 4.79 Å². The molecule has 0 bridgehead atoms. The Morgan fingerprint density at radius 2 is 1.79 bits per heavy atom. The molecule has 2 N–H and O–H groups in total. The summed E-state index contributed by atoms with van der Waals surface area (Å²) in [5.74, 6) is -0.0959. The van der Waals surface area contributed by atoms with Gasteiger partial charge in [0, 0.05) is 32.6 Å². The van der Waals surface area contributed by atoms with Crippen LogP contribution in [-0.2, 0) is 14.3 Å². The molecule has 1 unspecified atom stereocenters. The van der Waals surface area contributed by atoms with Gasteiger partial charge < -0.3 is 20.1 Å². The highest BCUT2D eigenvalue weighted by Crippen LogP contribution is 2.21. The fourth-order valence-electron chi connectivity index (χ4n) is 3.03. The van der Waals surface area contributed by atoms with Gasteiger partial charge >= 0.3 is 6.09 Å². The molecule has 1 aliphatic rings. The van der Waals surface area contributed by atoms with Crippen molar-refractivity contribution in [2.45, 2.75) is 45.8 Å². The van der Waals surface area contributed by atoms with Crippen LogP contribution in [0.2, 0.25) is 0 Å². The average Bonchev–Trinajstić information content (AvgIpc) is 2.63. The highest BCUT2D eigenvalue weighted by atomic mass is 16.6. The summed E-state index contributed by atoms with van der Waals surface area (Å²) in [7, 11) is 0. The molecule has 0 saturated carbocycles. The Morgan fingerprint density at radius 1 is 1.14 bits per heavy atom. The van der Waals surface area contributed by atoms with Crippen LogP contribution in [0.4, 0.5) is 4.79 Å². The van der Waals surface area contributed by atoms with Crippen LogP contribution < -0.4 is 10.6 Å². The van der Waals surface area contributed by atoms with Gasteiger partial charge in [-0.15, -0.1) is 0 Å². The number of benzene rings is 1. The van der Waals surface area contributed by atoms with Crippen LogP contribution >= 0.6 is 0 Å². The first-order chi connectivity index (χ1) is 13.2. The van der Waals surface area contributed by atoms with Crippen LogP contribution in [0, 0.1) is 6.92 Å². The molecular formula is C21H33N3O4. The van der Waals surface area contributed by atoms with Crippen molar-refractivity contribution >= 4 is 12.0 Å². The molecule has 1 saturated heterocycles. The molecule has 0 aromatic heterocycles. The molecule has 2 rings (SSSR count). The monoisotopic (exact) mass is 391 g/mol. The van der Waals surface area contributed by atoms with Gasteiger partial charge in [-0.2, -0.15) is 0 Å². The summed E-state index contributed by atoms with van der Waals surface area (Å²) >= 11 is 0. The summed E-state index contributed by atoms with van der Waals surface area (Å²) in [6.07, 6.45) is -0.297. The van der Waals surface area contributed by atoms with Crippen molar-refractivity contribution in [2.75, 3.05) is 39.4 Å². The number of hydrogen-bond acceptors (Lipinski definition) is 5. The number of carbonyl (C=O) groups excluding carboxylic acids is 2. The quantitative estimate of drug-likeness (QED) is 0.746. The Balaban J connectivity index is 1.84. The molecule has 156 valence electrons. The van der Waals surface area contributed by atoms with Crippen molar-refractivity contribution in [3.05, 3.63) is 35.4 Å². The van der Waals surface area contributed by atoms with Crippen LogP contribution in [0.5, 0.6) is 0 Å². The molecule has 1 aromatic carbocycles. The minimum atomic E-state index is -0.550. The van der Waals surface area contributed by atoms with Gasteiger partial charge in [0.15, 0.2) is 0 Å². The second-order valence-electron chi connectivity index (χ2n) is 8.06. The van der Waals surface area contributed by atoms with Crippen molar-refractivity contribution in [1.29, 1.82) is 0 Å². The van der Waals surface area contributed by atoms with Gasteiger partial charge in [-0.1, -0.05) is 29.8 Å². The number of alkyl carbamates (subject to hydrolysis) is 1. The molecule has 1 fully saturated rings. The molecular weight excluding hydrogens is 358 g/mol. The number of nitrogens with one attached hydrogen (secondary N) is 2. The molecule has 0 spiro atoms. The lowest BCUT2D eigenvalue weighted by atomic mass is 10.0. The molecule has 1 heterocycles. The minimum Gasteiger partial charge on any atom is -0.444 e. The fraction of sp³-hybridized carbons (Fsp3) is 0.619. The van der Waals surface area contributed by atoms with Crippen LogP contribution in [0.25, 0.3) is 0 Å². The van der Waals surface area contributed by atoms with Crippen molar-refractivity contribution in [2.24, 2.45) is 0 Å². The Morgan fingerprint density at radius 3 is 2.39 bits per heavy atom. The van der Waals surface area contributed by atoms with E-state index in [9.17, 15) is 9.59 Å². The molecule has 1 aliphatic heterocycles. The first-order valence-electron chi connectivity index (χ1n) is 9.86. The maximum Gasteiger partial charge on any atom is 0.407 e. The number of morpholine rings is 1. The van der Waals surface area contributed by atoms with Crippen molar-refractivity contribution in [3.8, 4) is 0 Å². The topological polar surface area (TPSA) is 79.9 Å². The maximum absolute atomic E-state index is 12.2. The van der Waals surface area contributed by atoms with Gasteiger partial charge in [0.2, 0.25) is 5.91 Å².